The molecule has 0 aromatic heterocycles. The molecule has 19 heavy (non-hydrogen) atoms. The van der Waals surface area contributed by atoms with Crippen LogP contribution in [0.2, 0.25) is 5.02 Å². The van der Waals surface area contributed by atoms with Gasteiger partial charge >= 0.3 is 0 Å². The summed E-state index contributed by atoms with van der Waals surface area (Å²) in [4.78, 5) is 0. The summed E-state index contributed by atoms with van der Waals surface area (Å²) in [6, 6.07) is 11.7. The number of hydrazone groups is 1. The molecule has 0 atom stereocenters. The minimum Gasteiger partial charge on any atom is -0.486 e. The molecular formula is C14H12ClFN2O. The van der Waals surface area contributed by atoms with Gasteiger partial charge in [0.25, 0.3) is 0 Å². The summed E-state index contributed by atoms with van der Waals surface area (Å²) in [5, 5.41) is 3.95. The Balaban J connectivity index is 2.07. The lowest BCUT2D eigenvalue weighted by Crippen LogP contribution is -1.98. The van der Waals surface area contributed by atoms with Crippen molar-refractivity contribution in [3.05, 3.63) is 64.4 Å². The predicted molar refractivity (Wildman–Crippen MR) is 74.0 cm³/mol. The van der Waals surface area contributed by atoms with Crippen molar-refractivity contribution in [2.24, 2.45) is 10.9 Å². The first-order chi connectivity index (χ1) is 9.19. The second kappa shape index (κ2) is 6.20. The Kier molecular flexibility index (Phi) is 4.36. The Bertz CT molecular complexity index is 602. The lowest BCUT2D eigenvalue weighted by molar-refractivity contribution is 0.290. The highest BCUT2D eigenvalue weighted by Gasteiger charge is 2.04. The molecular weight excluding hydrogens is 267 g/mol. The zero-order valence-corrected chi connectivity index (χ0v) is 10.8. The maximum Gasteiger partial charge on any atom is 0.165 e. The van der Waals surface area contributed by atoms with Gasteiger partial charge in [0, 0.05) is 5.02 Å². The van der Waals surface area contributed by atoms with Crippen LogP contribution < -0.4 is 10.6 Å². The van der Waals surface area contributed by atoms with Crippen LogP contribution >= 0.6 is 11.6 Å². The second-order valence-corrected chi connectivity index (χ2v) is 4.32. The summed E-state index contributed by atoms with van der Waals surface area (Å²) in [6.45, 7) is 0.252. The van der Waals surface area contributed by atoms with Gasteiger partial charge in [-0.3, -0.25) is 0 Å². The van der Waals surface area contributed by atoms with Crippen LogP contribution in [0, 0.1) is 5.82 Å². The van der Waals surface area contributed by atoms with Gasteiger partial charge in [-0.05, 0) is 41.5 Å². The van der Waals surface area contributed by atoms with Crippen molar-refractivity contribution in [2.45, 2.75) is 6.61 Å². The quantitative estimate of drug-likeness (QED) is 0.530. The van der Waals surface area contributed by atoms with Crippen molar-refractivity contribution in [3.63, 3.8) is 0 Å². The number of benzene rings is 2. The Morgan fingerprint density at radius 2 is 2.11 bits per heavy atom. The van der Waals surface area contributed by atoms with E-state index in [9.17, 15) is 4.39 Å². The molecule has 3 nitrogen and oxygen atoms in total. The van der Waals surface area contributed by atoms with Gasteiger partial charge in [0.2, 0.25) is 0 Å². The molecule has 0 unspecified atom stereocenters. The first-order valence-electron chi connectivity index (χ1n) is 5.59. The third-order valence-corrected chi connectivity index (χ3v) is 2.70. The van der Waals surface area contributed by atoms with Gasteiger partial charge in [0.15, 0.2) is 11.6 Å². The van der Waals surface area contributed by atoms with Crippen molar-refractivity contribution in [3.8, 4) is 5.75 Å². The molecule has 2 N–H and O–H groups in total. The third kappa shape index (κ3) is 3.69. The maximum absolute atomic E-state index is 13.7. The average Bonchev–Trinajstić information content (AvgIpc) is 2.38. The number of rotatable bonds is 4. The minimum absolute atomic E-state index is 0.175. The van der Waals surface area contributed by atoms with Gasteiger partial charge in [-0.25, -0.2) is 4.39 Å². The van der Waals surface area contributed by atoms with E-state index in [1.807, 2.05) is 12.1 Å². The van der Waals surface area contributed by atoms with E-state index in [0.717, 1.165) is 5.56 Å². The van der Waals surface area contributed by atoms with Gasteiger partial charge in [-0.2, -0.15) is 5.10 Å². The zero-order chi connectivity index (χ0) is 13.7. The summed E-state index contributed by atoms with van der Waals surface area (Å²) in [5.74, 6) is 4.72. The van der Waals surface area contributed by atoms with Crippen LogP contribution in [0.5, 0.6) is 5.75 Å². The lowest BCUT2D eigenvalue weighted by Gasteiger charge is -2.08. The largest absolute Gasteiger partial charge is 0.486 e. The van der Waals surface area contributed by atoms with E-state index in [1.54, 1.807) is 18.2 Å². The predicted octanol–water partition coefficient (Wildman–Crippen LogP) is 3.35. The van der Waals surface area contributed by atoms with Crippen molar-refractivity contribution in [1.29, 1.82) is 0 Å². The van der Waals surface area contributed by atoms with Crippen molar-refractivity contribution in [2.75, 3.05) is 0 Å². The first-order valence-corrected chi connectivity index (χ1v) is 5.97. The molecule has 0 aliphatic rings. The number of nitrogens with two attached hydrogens (primary N) is 1. The fraction of sp³-hybridized carbons (Fsp3) is 0.0714. The monoisotopic (exact) mass is 278 g/mol. The summed E-state index contributed by atoms with van der Waals surface area (Å²) in [7, 11) is 0. The molecule has 2 aromatic carbocycles. The molecule has 5 heteroatoms. The van der Waals surface area contributed by atoms with E-state index in [4.69, 9.17) is 22.2 Å². The van der Waals surface area contributed by atoms with E-state index >= 15 is 0 Å². The molecule has 0 spiro atoms. The topological polar surface area (TPSA) is 47.6 Å². The van der Waals surface area contributed by atoms with Crippen LogP contribution in [0.3, 0.4) is 0 Å². The van der Waals surface area contributed by atoms with Gasteiger partial charge in [0.05, 0.1) is 6.21 Å². The van der Waals surface area contributed by atoms with Crippen molar-refractivity contribution in [1.82, 2.24) is 0 Å². The number of hydrogen-bond donors (Lipinski definition) is 1. The highest BCUT2D eigenvalue weighted by atomic mass is 35.5. The van der Waals surface area contributed by atoms with Crippen LogP contribution in [-0.2, 0) is 6.61 Å². The number of nitrogens with zero attached hydrogens (tertiary/aromatic N) is 1. The van der Waals surface area contributed by atoms with Crippen LogP contribution in [0.1, 0.15) is 11.1 Å². The molecule has 0 radical (unpaired) electrons. The molecule has 0 amide bonds. The van der Waals surface area contributed by atoms with E-state index in [-0.39, 0.29) is 12.4 Å². The SMILES string of the molecule is NN=Cc1ccc(OCc2cccc(Cl)c2)c(F)c1. The molecule has 0 saturated carbocycles. The Morgan fingerprint density at radius 3 is 2.79 bits per heavy atom. The molecule has 98 valence electrons. The highest BCUT2D eigenvalue weighted by molar-refractivity contribution is 6.30. The lowest BCUT2D eigenvalue weighted by atomic mass is 10.2. The average molecular weight is 279 g/mol. The Morgan fingerprint density at radius 1 is 1.26 bits per heavy atom. The molecule has 0 aliphatic heterocycles. The molecule has 0 fully saturated rings. The van der Waals surface area contributed by atoms with Crippen LogP contribution in [-0.4, -0.2) is 6.21 Å². The van der Waals surface area contributed by atoms with Gasteiger partial charge in [-0.15, -0.1) is 0 Å². The summed E-state index contributed by atoms with van der Waals surface area (Å²) < 4.78 is 19.1. The van der Waals surface area contributed by atoms with Crippen LogP contribution in [0.15, 0.2) is 47.6 Å². The van der Waals surface area contributed by atoms with E-state index in [0.29, 0.717) is 10.6 Å². The zero-order valence-electron chi connectivity index (χ0n) is 10.0. The molecule has 0 heterocycles. The normalized spacial score (nSPS) is 10.8. The van der Waals surface area contributed by atoms with Gasteiger partial charge < -0.3 is 10.6 Å². The number of halogens is 2. The molecule has 0 bridgehead atoms. The van der Waals surface area contributed by atoms with Gasteiger partial charge in [0.1, 0.15) is 6.61 Å². The fourth-order valence-corrected chi connectivity index (χ4v) is 1.80. The molecule has 0 saturated heterocycles. The number of ether oxygens (including phenoxy) is 1. The summed E-state index contributed by atoms with van der Waals surface area (Å²) in [5.41, 5.74) is 1.45. The highest BCUT2D eigenvalue weighted by Crippen LogP contribution is 2.20. The summed E-state index contributed by atoms with van der Waals surface area (Å²) >= 11 is 5.86. The van der Waals surface area contributed by atoms with E-state index < -0.39 is 5.82 Å². The molecule has 0 aliphatic carbocycles. The molecule has 2 rings (SSSR count). The van der Waals surface area contributed by atoms with Crippen LogP contribution in [0.4, 0.5) is 4.39 Å². The van der Waals surface area contributed by atoms with Crippen LogP contribution in [0.25, 0.3) is 0 Å². The van der Waals surface area contributed by atoms with E-state index in [2.05, 4.69) is 5.10 Å². The van der Waals surface area contributed by atoms with E-state index in [1.165, 1.54) is 18.3 Å². The number of hydrogen-bond acceptors (Lipinski definition) is 3. The van der Waals surface area contributed by atoms with Crippen molar-refractivity contribution >= 4 is 17.8 Å². The second-order valence-electron chi connectivity index (χ2n) is 3.89. The summed E-state index contributed by atoms with van der Waals surface area (Å²) in [6.07, 6.45) is 1.36. The Labute approximate surface area is 115 Å². The molecule has 2 aromatic rings. The Hall–Kier alpha value is -2.07. The minimum atomic E-state index is -0.459. The maximum atomic E-state index is 13.7. The van der Waals surface area contributed by atoms with Crippen molar-refractivity contribution < 1.29 is 9.13 Å². The van der Waals surface area contributed by atoms with Gasteiger partial charge in [-0.1, -0.05) is 23.7 Å². The smallest absolute Gasteiger partial charge is 0.165 e. The third-order valence-electron chi connectivity index (χ3n) is 2.46. The first kappa shape index (κ1) is 13.4. The fourth-order valence-electron chi connectivity index (χ4n) is 1.59. The standard InChI is InChI=1S/C14H12ClFN2O/c15-12-3-1-2-11(6-12)9-19-14-5-4-10(8-18-17)7-13(14)16/h1-8H,9,17H2.